The van der Waals surface area contributed by atoms with Crippen LogP contribution in [0.25, 0.3) is 0 Å². The van der Waals surface area contributed by atoms with Crippen LogP contribution in [0.1, 0.15) is 36.7 Å². The van der Waals surface area contributed by atoms with E-state index in [1.165, 1.54) is 26.4 Å². The molecule has 1 unspecified atom stereocenters. The van der Waals surface area contributed by atoms with Crippen LogP contribution in [0.3, 0.4) is 0 Å². The van der Waals surface area contributed by atoms with E-state index < -0.39 is 17.2 Å². The fourth-order valence-electron chi connectivity index (χ4n) is 3.52. The van der Waals surface area contributed by atoms with E-state index in [4.69, 9.17) is 18.9 Å². The van der Waals surface area contributed by atoms with Crippen molar-refractivity contribution in [3.05, 3.63) is 71.8 Å². The average molecular weight is 529 g/mol. The average Bonchev–Trinajstić information content (AvgIpc) is 2.87. The van der Waals surface area contributed by atoms with E-state index in [0.29, 0.717) is 17.2 Å². The number of benzene rings is 3. The number of methoxy groups -OCH3 is 2. The van der Waals surface area contributed by atoms with Gasteiger partial charge in [-0.25, -0.2) is 4.79 Å². The van der Waals surface area contributed by atoms with Gasteiger partial charge in [0, 0.05) is 6.07 Å². The third kappa shape index (κ3) is 6.79. The number of hydrogen-bond acceptors (Lipinski definition) is 8. The highest BCUT2D eigenvalue weighted by Gasteiger charge is 2.25. The predicted molar refractivity (Wildman–Crippen MR) is 140 cm³/mol. The van der Waals surface area contributed by atoms with E-state index in [0.717, 1.165) is 9.87 Å². The van der Waals surface area contributed by atoms with E-state index >= 15 is 0 Å². The Morgan fingerprint density at radius 2 is 1.70 bits per heavy atom. The minimum absolute atomic E-state index is 0.00972. The molecule has 0 radical (unpaired) electrons. The van der Waals surface area contributed by atoms with Gasteiger partial charge in [-0.15, -0.1) is 0 Å². The number of aliphatic hydroxyl groups excluding tert-OH is 1. The number of aliphatic hydroxyl groups is 1. The molecule has 198 valence electrons. The number of rotatable bonds is 10. The molecule has 3 aromatic rings. The van der Waals surface area contributed by atoms with E-state index in [1.807, 2.05) is 12.1 Å². The van der Waals surface area contributed by atoms with E-state index in [1.54, 1.807) is 36.4 Å². The van der Waals surface area contributed by atoms with Crippen LogP contribution in [0.5, 0.6) is 23.0 Å². The van der Waals surface area contributed by atoms with E-state index in [2.05, 4.69) is 20.8 Å². The van der Waals surface area contributed by atoms with Gasteiger partial charge in [-0.05, 0) is 47.4 Å². The highest BCUT2D eigenvalue weighted by Crippen LogP contribution is 2.45. The van der Waals surface area contributed by atoms with Crippen LogP contribution in [0, 0.1) is 0 Å². The van der Waals surface area contributed by atoms with Gasteiger partial charge in [-0.2, -0.15) is 0 Å². The minimum atomic E-state index is -2.82. The summed E-state index contributed by atoms with van der Waals surface area (Å²) in [4.78, 5) is 12.5. The number of anilines is 2. The zero-order valence-corrected chi connectivity index (χ0v) is 22.2. The zero-order chi connectivity index (χ0) is 27.2. The summed E-state index contributed by atoms with van der Waals surface area (Å²) in [6, 6.07) is 16.5. The fourth-order valence-corrected chi connectivity index (χ4v) is 4.11. The molecule has 0 aliphatic heterocycles. The lowest BCUT2D eigenvalue weighted by atomic mass is 9.87. The maximum Gasteiger partial charge on any atom is 0.338 e. The van der Waals surface area contributed by atoms with Gasteiger partial charge in [0.25, 0.3) is 0 Å². The van der Waals surface area contributed by atoms with Crippen LogP contribution < -0.4 is 18.5 Å². The number of carbonyl (C=O) groups excluding carboxylic acids is 1. The molecule has 9 nitrogen and oxygen atoms in total. The molecule has 1 atom stereocenters. The molecular formula is C27H30NO8S-. The fraction of sp³-hybridized carbons (Fsp3) is 0.296. The van der Waals surface area contributed by atoms with Crippen molar-refractivity contribution in [2.45, 2.75) is 26.2 Å². The Kier molecular flexibility index (Phi) is 9.14. The normalized spacial score (nSPS) is 12.0. The molecule has 37 heavy (non-hydrogen) atoms. The first kappa shape index (κ1) is 28.0. The van der Waals surface area contributed by atoms with Crippen molar-refractivity contribution < 1.29 is 37.6 Å². The van der Waals surface area contributed by atoms with Crippen molar-refractivity contribution in [2.24, 2.45) is 0 Å². The summed E-state index contributed by atoms with van der Waals surface area (Å²) < 4.78 is 48.2. The molecule has 3 rings (SSSR count). The van der Waals surface area contributed by atoms with Gasteiger partial charge in [0.2, 0.25) is 0 Å². The first-order valence-corrected chi connectivity index (χ1v) is 12.4. The Morgan fingerprint density at radius 1 is 1.03 bits per heavy atom. The monoisotopic (exact) mass is 528 g/mol. The second-order valence-electron chi connectivity index (χ2n) is 8.98. The van der Waals surface area contributed by atoms with Crippen molar-refractivity contribution in [3.8, 4) is 23.0 Å². The Hall–Kier alpha value is -3.60. The smallest absolute Gasteiger partial charge is 0.338 e. The molecule has 0 aliphatic rings. The van der Waals surface area contributed by atoms with Crippen LogP contribution in [0.4, 0.5) is 11.4 Å². The van der Waals surface area contributed by atoms with Gasteiger partial charge in [0.05, 0.1) is 43.3 Å². The Bertz CT molecular complexity index is 1250. The maximum atomic E-state index is 12.6. The number of esters is 1. The van der Waals surface area contributed by atoms with E-state index in [-0.39, 0.29) is 41.4 Å². The lowest BCUT2D eigenvalue weighted by Crippen LogP contribution is -2.21. The van der Waals surface area contributed by atoms with Crippen LogP contribution in [0.15, 0.2) is 60.7 Å². The van der Waals surface area contributed by atoms with Crippen LogP contribution in [-0.2, 0) is 21.4 Å². The highest BCUT2D eigenvalue weighted by atomic mass is 32.2. The largest absolute Gasteiger partial charge is 0.755 e. The molecule has 0 bridgehead atoms. The van der Waals surface area contributed by atoms with Crippen molar-refractivity contribution >= 4 is 28.6 Å². The van der Waals surface area contributed by atoms with Gasteiger partial charge in [0.1, 0.15) is 23.8 Å². The molecule has 0 heterocycles. The number of carbonyl (C=O) groups is 1. The van der Waals surface area contributed by atoms with Gasteiger partial charge >= 0.3 is 5.97 Å². The molecule has 0 fully saturated rings. The molecule has 0 aliphatic carbocycles. The first-order valence-electron chi connectivity index (χ1n) is 11.4. The minimum Gasteiger partial charge on any atom is -0.755 e. The van der Waals surface area contributed by atoms with Crippen LogP contribution in [-0.4, -0.2) is 47.3 Å². The third-order valence-corrected chi connectivity index (χ3v) is 6.11. The van der Waals surface area contributed by atoms with Crippen molar-refractivity contribution in [3.63, 3.8) is 0 Å². The van der Waals surface area contributed by atoms with Gasteiger partial charge in [-0.1, -0.05) is 39.0 Å². The molecule has 10 heteroatoms. The lowest BCUT2D eigenvalue weighted by Gasteiger charge is -2.30. The lowest BCUT2D eigenvalue weighted by molar-refractivity contribution is 0.0600. The van der Waals surface area contributed by atoms with Gasteiger partial charge in [0.15, 0.2) is 11.5 Å². The molecular weight excluding hydrogens is 498 g/mol. The summed E-state index contributed by atoms with van der Waals surface area (Å²) in [7, 11) is 2.72. The maximum absolute atomic E-state index is 12.6. The van der Waals surface area contributed by atoms with E-state index in [9.17, 15) is 18.7 Å². The number of nitrogens with zero attached hydrogens (tertiary/aromatic N) is 1. The zero-order valence-electron chi connectivity index (χ0n) is 21.3. The second-order valence-corrected chi connectivity index (χ2v) is 9.78. The SMILES string of the molecule is COC(=O)c1cc(OCCO)c(Oc2cccc(OC)c2)c(N(c2ccc(C(C)(C)C)cc2)S(=O)[O-])c1. The molecule has 3 aromatic carbocycles. The van der Waals surface area contributed by atoms with Gasteiger partial charge < -0.3 is 28.6 Å². The van der Waals surface area contributed by atoms with Crippen molar-refractivity contribution in [1.29, 1.82) is 0 Å². The van der Waals surface area contributed by atoms with Crippen molar-refractivity contribution in [1.82, 2.24) is 0 Å². The predicted octanol–water partition coefficient (Wildman–Crippen LogP) is 4.87. The van der Waals surface area contributed by atoms with Crippen LogP contribution >= 0.6 is 0 Å². The summed E-state index contributed by atoms with van der Waals surface area (Å²) in [5.74, 6) is 0.197. The molecule has 0 aromatic heterocycles. The van der Waals surface area contributed by atoms with Crippen molar-refractivity contribution in [2.75, 3.05) is 31.7 Å². The Labute approximate surface area is 219 Å². The number of hydrogen-bond donors (Lipinski definition) is 1. The summed E-state index contributed by atoms with van der Waals surface area (Å²) in [5.41, 5.74) is 1.22. The topological polar surface area (TPSA) is 118 Å². The first-order chi connectivity index (χ1) is 17.6. The summed E-state index contributed by atoms with van der Waals surface area (Å²) in [6.07, 6.45) is 0. The van der Waals surface area contributed by atoms with Gasteiger partial charge in [-0.3, -0.25) is 8.51 Å². The summed E-state index contributed by atoms with van der Waals surface area (Å²) in [6.45, 7) is 5.71. The standard InChI is InChI=1S/C27H31NO8S/c1-27(2,3)19-9-11-20(12-10-19)28(37(31)32)23-15-18(26(30)34-5)16-24(35-14-13-29)25(23)36-22-8-6-7-21(17-22)33-4/h6-12,15-17,29H,13-14H2,1-5H3,(H,31,32)/p-1. The van der Waals surface area contributed by atoms with Crippen LogP contribution in [0.2, 0.25) is 0 Å². The molecule has 0 spiro atoms. The summed E-state index contributed by atoms with van der Waals surface area (Å²) >= 11 is -2.82. The highest BCUT2D eigenvalue weighted by molar-refractivity contribution is 7.81. The second kappa shape index (κ2) is 12.1. The quantitative estimate of drug-likeness (QED) is 0.292. The molecule has 0 amide bonds. The Morgan fingerprint density at radius 3 is 2.27 bits per heavy atom. The molecule has 0 saturated carbocycles. The third-order valence-electron chi connectivity index (χ3n) is 5.40. The Balaban J connectivity index is 2.26. The molecule has 1 N–H and O–H groups in total. The summed E-state index contributed by atoms with van der Waals surface area (Å²) in [5, 5.41) is 9.35. The number of ether oxygens (including phenoxy) is 4. The molecule has 0 saturated heterocycles.